The molecule has 8 N–H and O–H groups in total. The molecule has 0 amide bonds. The van der Waals surface area contributed by atoms with Crippen LogP contribution in [-0.2, 0) is 41.6 Å². The predicted molar refractivity (Wildman–Crippen MR) is 65.3 cm³/mol. The van der Waals surface area contributed by atoms with Crippen molar-refractivity contribution < 1.29 is 70.1 Å². The third-order valence-corrected chi connectivity index (χ3v) is 0. The van der Waals surface area contributed by atoms with E-state index in [2.05, 4.69) is 0 Å². The highest BCUT2D eigenvalue weighted by Gasteiger charge is 1.86. The normalized spacial score (nSPS) is 11.0. The second-order valence-corrected chi connectivity index (χ2v) is 5.37. The van der Waals surface area contributed by atoms with E-state index < -0.39 is 41.6 Å². The molecule has 0 aliphatic rings. The van der Waals surface area contributed by atoms with Crippen LogP contribution in [0.2, 0.25) is 0 Å². The van der Waals surface area contributed by atoms with E-state index in [0.717, 1.165) is 0 Å². The van der Waals surface area contributed by atoms with Crippen molar-refractivity contribution in [3.63, 3.8) is 0 Å². The summed E-state index contributed by atoms with van der Waals surface area (Å²) in [5.41, 5.74) is 0. The fraction of sp³-hybridized carbons (Fsp3) is 0. The summed E-state index contributed by atoms with van der Waals surface area (Å²) in [6.45, 7) is 0. The molecule has 0 saturated carbocycles. The zero-order valence-corrected chi connectivity index (χ0v) is 11.7. The molecule has 0 fully saturated rings. The van der Waals surface area contributed by atoms with Gasteiger partial charge in [-0.3, -0.25) is 36.4 Å². The summed E-state index contributed by atoms with van der Waals surface area (Å²) in [6.07, 6.45) is 0. The van der Waals surface area contributed by atoms with Crippen LogP contribution in [0.25, 0.3) is 0 Å². The molecule has 0 atom stereocenters. The Kier molecular flexibility index (Phi) is 20.0. The molecule has 0 aromatic carbocycles. The fourth-order valence-electron chi connectivity index (χ4n) is 0. The van der Waals surface area contributed by atoms with Crippen molar-refractivity contribution in [3.8, 4) is 0 Å². The predicted octanol–water partition coefficient (Wildman–Crippen LogP) is -3.53. The van der Waals surface area contributed by atoms with Crippen LogP contribution in [0.15, 0.2) is 0 Å². The lowest BCUT2D eigenvalue weighted by molar-refractivity contribution is 0.378. The van der Waals surface area contributed by atoms with Crippen molar-refractivity contribution >= 4 is 64.6 Å². The van der Waals surface area contributed by atoms with Gasteiger partial charge in [-0.25, -0.2) is 0 Å². The smallest absolute Gasteiger partial charge is 0.264 e. The van der Waals surface area contributed by atoms with Gasteiger partial charge in [-0.1, -0.05) is 0 Å². The van der Waals surface area contributed by atoms with Crippen LogP contribution >= 0.6 is 0 Å². The first-order valence-corrected chi connectivity index (χ1v) is 8.38. The fourth-order valence-corrected chi connectivity index (χ4v) is 0. The molecule has 21 heavy (non-hydrogen) atoms. The molecule has 0 aliphatic carbocycles. The van der Waals surface area contributed by atoms with Crippen molar-refractivity contribution in [1.82, 2.24) is 0 Å². The third kappa shape index (κ3) is 111000. The molecule has 16 nitrogen and oxygen atoms in total. The lowest BCUT2D eigenvalue weighted by Crippen LogP contribution is -1.89. The minimum absolute atomic E-state index is 0. The van der Waals surface area contributed by atoms with Crippen molar-refractivity contribution in [2.75, 3.05) is 0 Å². The molecule has 0 aromatic rings. The van der Waals surface area contributed by atoms with Crippen LogP contribution in [0.4, 0.5) is 0 Å². The molecule has 0 saturated heterocycles. The van der Waals surface area contributed by atoms with Crippen LogP contribution < -0.4 is 0 Å². The molecular formula is H10MgO16S4. The maximum absolute atomic E-state index is 8.74. The maximum Gasteiger partial charge on any atom is 0.394 e. The minimum atomic E-state index is -4.67. The topological polar surface area (TPSA) is 298 Å². The highest BCUT2D eigenvalue weighted by Crippen LogP contribution is 1.60. The lowest BCUT2D eigenvalue weighted by Gasteiger charge is -1.68. The lowest BCUT2D eigenvalue weighted by atomic mass is 15.8. The summed E-state index contributed by atoms with van der Waals surface area (Å²) < 4.78 is 126. The monoisotopic (exact) mass is 418 g/mol. The van der Waals surface area contributed by atoms with E-state index in [9.17, 15) is 0 Å². The van der Waals surface area contributed by atoms with Gasteiger partial charge in [-0.15, -0.1) is 0 Å². The SMILES string of the molecule is O=S(=O)(O)O.O=S(=O)(O)O.O=S(=O)(O)O.O=S(=O)(O)O.[MgH2]. The van der Waals surface area contributed by atoms with Gasteiger partial charge in [0.25, 0.3) is 0 Å². The Morgan fingerprint density at radius 2 is 0.333 bits per heavy atom. The summed E-state index contributed by atoms with van der Waals surface area (Å²) in [6, 6.07) is 0. The molecule has 0 rings (SSSR count). The zero-order valence-electron chi connectivity index (χ0n) is 8.48. The van der Waals surface area contributed by atoms with Gasteiger partial charge in [0.05, 0.1) is 0 Å². The molecule has 0 aromatic heterocycles. The van der Waals surface area contributed by atoms with Crippen molar-refractivity contribution in [2.45, 2.75) is 0 Å². The average molecular weight is 419 g/mol. The Morgan fingerprint density at radius 3 is 0.333 bits per heavy atom. The molecule has 21 heteroatoms. The van der Waals surface area contributed by atoms with E-state index in [1.54, 1.807) is 0 Å². The molecule has 0 heterocycles. The Hall–Kier alpha value is 0.246. The van der Waals surface area contributed by atoms with Gasteiger partial charge in [0.1, 0.15) is 0 Å². The maximum atomic E-state index is 8.74. The van der Waals surface area contributed by atoms with Gasteiger partial charge in [0.2, 0.25) is 0 Å². The first kappa shape index (κ1) is 33.0. The highest BCUT2D eigenvalue weighted by molar-refractivity contribution is 7.80. The van der Waals surface area contributed by atoms with Crippen LogP contribution in [0.1, 0.15) is 0 Å². The van der Waals surface area contributed by atoms with Crippen molar-refractivity contribution in [1.29, 1.82) is 0 Å². The summed E-state index contributed by atoms with van der Waals surface area (Å²) in [7, 11) is -18.7. The summed E-state index contributed by atoms with van der Waals surface area (Å²) in [5, 5.41) is 0. The van der Waals surface area contributed by atoms with E-state index in [1.807, 2.05) is 0 Å². The van der Waals surface area contributed by atoms with E-state index in [0.29, 0.717) is 0 Å². The van der Waals surface area contributed by atoms with E-state index >= 15 is 0 Å². The molecular weight excluding hydrogens is 409 g/mol. The summed E-state index contributed by atoms with van der Waals surface area (Å²) in [4.78, 5) is 0. The van der Waals surface area contributed by atoms with Gasteiger partial charge in [-0.05, 0) is 0 Å². The molecule has 0 unspecified atom stereocenters. The summed E-state index contributed by atoms with van der Waals surface area (Å²) >= 11 is 0. The van der Waals surface area contributed by atoms with Gasteiger partial charge < -0.3 is 0 Å². The number of rotatable bonds is 0. The Balaban J connectivity index is -0.0000000533. The Labute approximate surface area is 134 Å². The first-order valence-electron chi connectivity index (χ1n) is 2.79. The number of hydrogen-bond donors (Lipinski definition) is 8. The number of hydrogen-bond acceptors (Lipinski definition) is 8. The summed E-state index contributed by atoms with van der Waals surface area (Å²) in [5.74, 6) is 0. The molecule has 0 aliphatic heterocycles. The van der Waals surface area contributed by atoms with Crippen molar-refractivity contribution in [2.24, 2.45) is 0 Å². The second kappa shape index (κ2) is 12.8. The largest absolute Gasteiger partial charge is 0.394 e. The second-order valence-electron chi connectivity index (χ2n) is 1.79. The van der Waals surface area contributed by atoms with Crippen LogP contribution in [0.3, 0.4) is 0 Å². The first-order chi connectivity index (χ1) is 8.00. The van der Waals surface area contributed by atoms with Crippen LogP contribution in [0.5, 0.6) is 0 Å². The zero-order chi connectivity index (χ0) is 18.0. The van der Waals surface area contributed by atoms with Gasteiger partial charge in [-0.2, -0.15) is 33.7 Å². The molecule has 0 spiro atoms. The van der Waals surface area contributed by atoms with Gasteiger partial charge >= 0.3 is 64.6 Å². The van der Waals surface area contributed by atoms with E-state index in [4.69, 9.17) is 70.1 Å². The molecule has 132 valence electrons. The quantitative estimate of drug-likeness (QED) is 0.139. The standard InChI is InChI=1S/Mg.4H2O4S.2H/c;4*1-5(2,3)4;;/h;4*(H2,1,2,3,4);;. The van der Waals surface area contributed by atoms with Crippen LogP contribution in [0, 0.1) is 0 Å². The van der Waals surface area contributed by atoms with Crippen LogP contribution in [-0.4, -0.2) is 93.1 Å². The highest BCUT2D eigenvalue weighted by atomic mass is 32.3. The Bertz CT molecular complexity index is 473. The average Bonchev–Trinajstić information content (AvgIpc) is 1.62. The molecule has 0 bridgehead atoms. The minimum Gasteiger partial charge on any atom is -0.264 e. The van der Waals surface area contributed by atoms with Gasteiger partial charge in [0, 0.05) is 0 Å². The Morgan fingerprint density at radius 1 is 0.333 bits per heavy atom. The third-order valence-electron chi connectivity index (χ3n) is 0. The van der Waals surface area contributed by atoms with Crippen molar-refractivity contribution in [3.05, 3.63) is 0 Å². The van der Waals surface area contributed by atoms with E-state index in [-0.39, 0.29) is 23.1 Å². The molecule has 0 radical (unpaired) electrons. The van der Waals surface area contributed by atoms with Gasteiger partial charge in [0.15, 0.2) is 0 Å². The van der Waals surface area contributed by atoms with E-state index in [1.165, 1.54) is 0 Å².